The van der Waals surface area contributed by atoms with Crippen molar-refractivity contribution in [2.45, 2.75) is 51.0 Å². The van der Waals surface area contributed by atoms with E-state index in [1.807, 2.05) is 17.0 Å². The first-order chi connectivity index (χ1) is 10.7. The second-order valence-corrected chi connectivity index (χ2v) is 7.23. The van der Waals surface area contributed by atoms with E-state index in [9.17, 15) is 4.79 Å². The first-order valence-electron chi connectivity index (χ1n) is 8.27. The summed E-state index contributed by atoms with van der Waals surface area (Å²) in [6.07, 6.45) is 10.2. The molecule has 5 heteroatoms. The fraction of sp³-hybridized carbons (Fsp3) is 0.647. The summed E-state index contributed by atoms with van der Waals surface area (Å²) in [4.78, 5) is 18.3. The van der Waals surface area contributed by atoms with E-state index in [2.05, 4.69) is 20.9 Å². The minimum Gasteiger partial charge on any atom is -0.470 e. The summed E-state index contributed by atoms with van der Waals surface area (Å²) in [7, 11) is 0. The number of halogens is 1. The molecule has 1 amide bonds. The number of carbonyl (C=O) groups is 1. The van der Waals surface area contributed by atoms with Gasteiger partial charge < -0.3 is 9.64 Å². The fourth-order valence-electron chi connectivity index (χ4n) is 3.29. The summed E-state index contributed by atoms with van der Waals surface area (Å²) >= 11 is 3.42. The van der Waals surface area contributed by atoms with Gasteiger partial charge in [0.1, 0.15) is 6.10 Å². The molecule has 2 heterocycles. The Morgan fingerprint density at radius 3 is 2.82 bits per heavy atom. The number of nitrogens with zero attached hydrogens (tertiary/aromatic N) is 2. The quantitative estimate of drug-likeness (QED) is 0.795. The van der Waals surface area contributed by atoms with Crippen LogP contribution in [0.4, 0.5) is 0 Å². The molecule has 0 unspecified atom stereocenters. The zero-order valence-corrected chi connectivity index (χ0v) is 14.4. The number of pyridine rings is 1. The molecule has 1 saturated heterocycles. The Balaban J connectivity index is 1.37. The smallest absolute Gasteiger partial charge is 0.228 e. The van der Waals surface area contributed by atoms with Gasteiger partial charge >= 0.3 is 0 Å². The normalized spacial score (nSPS) is 19.8. The van der Waals surface area contributed by atoms with Gasteiger partial charge in [-0.2, -0.15) is 0 Å². The first kappa shape index (κ1) is 15.8. The molecule has 2 fully saturated rings. The molecule has 0 aromatic carbocycles. The fourth-order valence-corrected chi connectivity index (χ4v) is 3.64. The molecule has 120 valence electrons. The first-order valence-corrected chi connectivity index (χ1v) is 9.06. The van der Waals surface area contributed by atoms with E-state index in [1.165, 1.54) is 32.1 Å². The summed E-state index contributed by atoms with van der Waals surface area (Å²) in [5.74, 6) is 1.67. The Hall–Kier alpha value is -1.10. The van der Waals surface area contributed by atoms with Crippen LogP contribution in [0.2, 0.25) is 0 Å². The van der Waals surface area contributed by atoms with Crippen molar-refractivity contribution in [3.05, 3.63) is 22.8 Å². The van der Waals surface area contributed by atoms with Gasteiger partial charge in [0.15, 0.2) is 0 Å². The van der Waals surface area contributed by atoms with Crippen LogP contribution in [-0.4, -0.2) is 35.0 Å². The van der Waals surface area contributed by atoms with Crippen molar-refractivity contribution in [1.29, 1.82) is 0 Å². The third kappa shape index (κ3) is 4.00. The predicted octanol–water partition coefficient (Wildman–Crippen LogP) is 3.79. The number of carbonyl (C=O) groups excluding carboxylic acids is 1. The van der Waals surface area contributed by atoms with Crippen LogP contribution in [0, 0.1) is 5.92 Å². The van der Waals surface area contributed by atoms with Gasteiger partial charge in [-0.25, -0.2) is 4.98 Å². The van der Waals surface area contributed by atoms with Crippen LogP contribution in [0.3, 0.4) is 0 Å². The Kier molecular flexibility index (Phi) is 5.34. The van der Waals surface area contributed by atoms with Gasteiger partial charge in [0, 0.05) is 12.6 Å². The molecule has 1 aliphatic carbocycles. The highest BCUT2D eigenvalue weighted by Crippen LogP contribution is 2.28. The lowest BCUT2D eigenvalue weighted by Crippen LogP contribution is -2.56. The molecule has 0 radical (unpaired) electrons. The zero-order valence-electron chi connectivity index (χ0n) is 12.8. The van der Waals surface area contributed by atoms with Gasteiger partial charge in [0.25, 0.3) is 0 Å². The maximum Gasteiger partial charge on any atom is 0.228 e. The minimum atomic E-state index is 0.0739. The van der Waals surface area contributed by atoms with Crippen molar-refractivity contribution in [2.24, 2.45) is 5.92 Å². The number of rotatable bonds is 5. The summed E-state index contributed by atoms with van der Waals surface area (Å²) < 4.78 is 6.66. The molecule has 1 saturated carbocycles. The number of hydrogen-bond donors (Lipinski definition) is 0. The standard InChI is InChI=1S/C17H23BrN2O2/c18-15-7-4-10-19-17(15)22-14-11-20(12-14)16(21)9-8-13-5-2-1-3-6-13/h4,7,10,13-14H,1-3,5-6,8-9,11-12H2. The molecule has 3 rings (SSSR count). The number of aromatic nitrogens is 1. The molecule has 2 aliphatic rings. The topological polar surface area (TPSA) is 42.4 Å². The highest BCUT2D eigenvalue weighted by Gasteiger charge is 2.32. The lowest BCUT2D eigenvalue weighted by Gasteiger charge is -2.39. The van der Waals surface area contributed by atoms with Crippen LogP contribution in [0.25, 0.3) is 0 Å². The molecule has 0 atom stereocenters. The Morgan fingerprint density at radius 2 is 2.09 bits per heavy atom. The van der Waals surface area contributed by atoms with E-state index >= 15 is 0 Å². The molecule has 1 aliphatic heterocycles. The highest BCUT2D eigenvalue weighted by molar-refractivity contribution is 9.10. The summed E-state index contributed by atoms with van der Waals surface area (Å²) in [6.45, 7) is 1.37. The van der Waals surface area contributed by atoms with Gasteiger partial charge in [-0.3, -0.25) is 4.79 Å². The number of ether oxygens (including phenoxy) is 1. The van der Waals surface area contributed by atoms with E-state index in [0.29, 0.717) is 25.4 Å². The number of likely N-dealkylation sites (tertiary alicyclic amines) is 1. The van der Waals surface area contributed by atoms with Gasteiger partial charge in [0.05, 0.1) is 17.6 Å². The summed E-state index contributed by atoms with van der Waals surface area (Å²) in [5, 5.41) is 0. The van der Waals surface area contributed by atoms with Crippen LogP contribution < -0.4 is 4.74 Å². The van der Waals surface area contributed by atoms with Crippen molar-refractivity contribution in [3.8, 4) is 5.88 Å². The van der Waals surface area contributed by atoms with E-state index in [0.717, 1.165) is 16.8 Å². The lowest BCUT2D eigenvalue weighted by atomic mass is 9.86. The van der Waals surface area contributed by atoms with Gasteiger partial charge in [-0.1, -0.05) is 32.1 Å². The third-order valence-corrected chi connectivity index (χ3v) is 5.30. The van der Waals surface area contributed by atoms with Crippen molar-refractivity contribution in [1.82, 2.24) is 9.88 Å². The van der Waals surface area contributed by atoms with Crippen LogP contribution in [0.5, 0.6) is 5.88 Å². The van der Waals surface area contributed by atoms with E-state index in [-0.39, 0.29) is 12.0 Å². The molecule has 0 spiro atoms. The van der Waals surface area contributed by atoms with Crippen molar-refractivity contribution < 1.29 is 9.53 Å². The number of amides is 1. The minimum absolute atomic E-state index is 0.0739. The van der Waals surface area contributed by atoms with E-state index in [4.69, 9.17) is 4.74 Å². The maximum atomic E-state index is 12.2. The van der Waals surface area contributed by atoms with Crippen molar-refractivity contribution in [3.63, 3.8) is 0 Å². The second-order valence-electron chi connectivity index (χ2n) is 6.37. The largest absolute Gasteiger partial charge is 0.470 e. The van der Waals surface area contributed by atoms with Gasteiger partial charge in [-0.15, -0.1) is 0 Å². The average Bonchev–Trinajstić information content (AvgIpc) is 2.51. The van der Waals surface area contributed by atoms with Crippen LogP contribution in [0.1, 0.15) is 44.9 Å². The zero-order chi connectivity index (χ0) is 15.4. The molecule has 0 N–H and O–H groups in total. The highest BCUT2D eigenvalue weighted by atomic mass is 79.9. The van der Waals surface area contributed by atoms with Gasteiger partial charge in [-0.05, 0) is 40.4 Å². The molecule has 4 nitrogen and oxygen atoms in total. The van der Waals surface area contributed by atoms with Crippen LogP contribution in [-0.2, 0) is 4.79 Å². The summed E-state index contributed by atoms with van der Waals surface area (Å²) in [5.41, 5.74) is 0. The molecule has 1 aromatic heterocycles. The predicted molar refractivity (Wildman–Crippen MR) is 88.7 cm³/mol. The molecular weight excluding hydrogens is 344 g/mol. The molecular formula is C17H23BrN2O2. The monoisotopic (exact) mass is 366 g/mol. The van der Waals surface area contributed by atoms with Crippen LogP contribution in [0.15, 0.2) is 22.8 Å². The van der Waals surface area contributed by atoms with E-state index < -0.39 is 0 Å². The SMILES string of the molecule is O=C(CCC1CCCCC1)N1CC(Oc2ncccc2Br)C1. The van der Waals surface area contributed by atoms with Gasteiger partial charge in [0.2, 0.25) is 11.8 Å². The second kappa shape index (κ2) is 7.44. The Bertz CT molecular complexity index is 511. The Morgan fingerprint density at radius 1 is 1.32 bits per heavy atom. The Labute approximate surface area is 140 Å². The van der Waals surface area contributed by atoms with Crippen molar-refractivity contribution in [2.75, 3.05) is 13.1 Å². The van der Waals surface area contributed by atoms with E-state index in [1.54, 1.807) is 6.20 Å². The maximum absolute atomic E-state index is 12.2. The molecule has 1 aromatic rings. The third-order valence-electron chi connectivity index (χ3n) is 4.69. The average molecular weight is 367 g/mol. The number of hydrogen-bond acceptors (Lipinski definition) is 3. The molecule has 22 heavy (non-hydrogen) atoms. The van der Waals surface area contributed by atoms with Crippen molar-refractivity contribution >= 4 is 21.8 Å². The molecule has 0 bridgehead atoms. The van der Waals surface area contributed by atoms with Crippen LogP contribution >= 0.6 is 15.9 Å². The summed E-state index contributed by atoms with van der Waals surface area (Å²) in [6, 6.07) is 3.77. The lowest BCUT2D eigenvalue weighted by molar-refractivity contribution is -0.140.